The lowest BCUT2D eigenvalue weighted by Gasteiger charge is -2.21. The Morgan fingerprint density at radius 3 is 2.28 bits per heavy atom. The third kappa shape index (κ3) is 7.27. The standard InChI is InChI=1S/C29H30ClN3O3/c1-4-33(5-2)26-14-12-25(13-15-26)32-29(34)23(19-31)17-22-9-16-27(28(18-22)35-6-3)36-20-21-7-10-24(30)11-8-21/h7-18H,4-6,20H2,1-3H3,(H,32,34)/b23-17-. The number of anilines is 2. The van der Waals surface area contributed by atoms with Crippen molar-refractivity contribution in [3.63, 3.8) is 0 Å². The summed E-state index contributed by atoms with van der Waals surface area (Å²) in [6.45, 7) is 8.67. The van der Waals surface area contributed by atoms with Crippen molar-refractivity contribution in [3.05, 3.63) is 88.5 Å². The number of halogens is 1. The molecule has 36 heavy (non-hydrogen) atoms. The predicted octanol–water partition coefficient (Wildman–Crippen LogP) is 6.71. The molecule has 0 aliphatic carbocycles. The van der Waals surface area contributed by atoms with Gasteiger partial charge in [-0.2, -0.15) is 5.26 Å². The van der Waals surface area contributed by atoms with E-state index in [1.54, 1.807) is 18.2 Å². The zero-order chi connectivity index (χ0) is 25.9. The Kier molecular flexibility index (Phi) is 9.79. The minimum atomic E-state index is -0.478. The van der Waals surface area contributed by atoms with Gasteiger partial charge in [-0.25, -0.2) is 0 Å². The second kappa shape index (κ2) is 13.2. The highest BCUT2D eigenvalue weighted by molar-refractivity contribution is 6.30. The van der Waals surface area contributed by atoms with Crippen LogP contribution in [0, 0.1) is 11.3 Å². The first-order valence-electron chi connectivity index (χ1n) is 11.9. The molecule has 0 unspecified atom stereocenters. The molecule has 0 aromatic heterocycles. The molecule has 6 nitrogen and oxygen atoms in total. The number of ether oxygens (including phenoxy) is 2. The largest absolute Gasteiger partial charge is 0.490 e. The number of hydrogen-bond donors (Lipinski definition) is 1. The van der Waals surface area contributed by atoms with Gasteiger partial charge in [-0.1, -0.05) is 29.8 Å². The van der Waals surface area contributed by atoms with Crippen LogP contribution in [0.15, 0.2) is 72.3 Å². The molecule has 1 N–H and O–H groups in total. The van der Waals surface area contributed by atoms with E-state index in [1.807, 2.05) is 61.5 Å². The van der Waals surface area contributed by atoms with Crippen molar-refractivity contribution >= 4 is 35.0 Å². The first kappa shape index (κ1) is 26.7. The number of benzene rings is 3. The van der Waals surface area contributed by atoms with Gasteiger partial charge in [0.25, 0.3) is 5.91 Å². The minimum Gasteiger partial charge on any atom is -0.490 e. The number of rotatable bonds is 11. The normalized spacial score (nSPS) is 10.9. The van der Waals surface area contributed by atoms with E-state index in [9.17, 15) is 10.1 Å². The van der Waals surface area contributed by atoms with Gasteiger partial charge in [0.1, 0.15) is 18.2 Å². The average Bonchev–Trinajstić information content (AvgIpc) is 2.89. The molecule has 0 aliphatic rings. The zero-order valence-corrected chi connectivity index (χ0v) is 21.5. The van der Waals surface area contributed by atoms with E-state index < -0.39 is 5.91 Å². The third-order valence-electron chi connectivity index (χ3n) is 5.51. The maximum absolute atomic E-state index is 12.8. The van der Waals surface area contributed by atoms with E-state index >= 15 is 0 Å². The molecule has 3 rings (SSSR count). The molecule has 186 valence electrons. The van der Waals surface area contributed by atoms with Crippen molar-refractivity contribution in [1.29, 1.82) is 5.26 Å². The number of hydrogen-bond acceptors (Lipinski definition) is 5. The molecule has 0 saturated carbocycles. The quantitative estimate of drug-likeness (QED) is 0.232. The Labute approximate surface area is 217 Å². The molecule has 0 heterocycles. The summed E-state index contributed by atoms with van der Waals surface area (Å²) in [4.78, 5) is 15.0. The smallest absolute Gasteiger partial charge is 0.266 e. The van der Waals surface area contributed by atoms with Crippen LogP contribution in [0.25, 0.3) is 6.08 Å². The van der Waals surface area contributed by atoms with Crippen molar-refractivity contribution in [2.24, 2.45) is 0 Å². The highest BCUT2D eigenvalue weighted by Crippen LogP contribution is 2.30. The summed E-state index contributed by atoms with van der Waals surface area (Å²) in [7, 11) is 0. The van der Waals surface area contributed by atoms with Gasteiger partial charge in [0.15, 0.2) is 11.5 Å². The second-order valence-corrected chi connectivity index (χ2v) is 8.33. The molecule has 0 aliphatic heterocycles. The molecule has 7 heteroatoms. The molecule has 0 bridgehead atoms. The first-order valence-corrected chi connectivity index (χ1v) is 12.3. The summed E-state index contributed by atoms with van der Waals surface area (Å²) < 4.78 is 11.7. The highest BCUT2D eigenvalue weighted by atomic mass is 35.5. The van der Waals surface area contributed by atoms with Crippen molar-refractivity contribution in [1.82, 2.24) is 0 Å². The number of nitrogens with zero attached hydrogens (tertiary/aromatic N) is 2. The Morgan fingerprint density at radius 1 is 0.972 bits per heavy atom. The van der Waals surface area contributed by atoms with Gasteiger partial charge in [-0.05, 0) is 86.5 Å². The van der Waals surface area contributed by atoms with Gasteiger partial charge in [0, 0.05) is 29.5 Å². The monoisotopic (exact) mass is 503 g/mol. The fourth-order valence-electron chi connectivity index (χ4n) is 3.60. The Hall–Kier alpha value is -3.95. The molecule has 1 amide bonds. The van der Waals surface area contributed by atoms with Crippen LogP contribution in [-0.2, 0) is 11.4 Å². The van der Waals surface area contributed by atoms with Crippen molar-refractivity contribution in [2.75, 3.05) is 29.9 Å². The van der Waals surface area contributed by atoms with Crippen LogP contribution in [0.2, 0.25) is 5.02 Å². The summed E-state index contributed by atoms with van der Waals surface area (Å²) in [5.41, 5.74) is 3.31. The van der Waals surface area contributed by atoms with Gasteiger partial charge in [0.2, 0.25) is 0 Å². The number of nitriles is 1. The van der Waals surface area contributed by atoms with Crippen LogP contribution in [0.5, 0.6) is 11.5 Å². The van der Waals surface area contributed by atoms with Gasteiger partial charge in [0.05, 0.1) is 6.61 Å². The summed E-state index contributed by atoms with van der Waals surface area (Å²) in [6, 6.07) is 22.3. The highest BCUT2D eigenvalue weighted by Gasteiger charge is 2.12. The molecule has 3 aromatic carbocycles. The molecule has 0 spiro atoms. The average molecular weight is 504 g/mol. The maximum atomic E-state index is 12.8. The van der Waals surface area contributed by atoms with E-state index in [-0.39, 0.29) is 5.57 Å². The number of nitrogens with one attached hydrogen (secondary N) is 1. The Bertz CT molecular complexity index is 1230. The fraction of sp³-hybridized carbons (Fsp3) is 0.241. The van der Waals surface area contributed by atoms with E-state index in [0.717, 1.165) is 24.3 Å². The van der Waals surface area contributed by atoms with E-state index in [1.165, 1.54) is 6.08 Å². The molecule has 0 radical (unpaired) electrons. The number of amides is 1. The Balaban J connectivity index is 1.73. The van der Waals surface area contributed by atoms with Crippen LogP contribution < -0.4 is 19.7 Å². The summed E-state index contributed by atoms with van der Waals surface area (Å²) >= 11 is 5.94. The number of carbonyl (C=O) groups excluding carboxylic acids is 1. The van der Waals surface area contributed by atoms with E-state index in [4.69, 9.17) is 21.1 Å². The predicted molar refractivity (Wildman–Crippen MR) is 146 cm³/mol. The first-order chi connectivity index (χ1) is 17.5. The maximum Gasteiger partial charge on any atom is 0.266 e. The van der Waals surface area contributed by atoms with Crippen molar-refractivity contribution in [2.45, 2.75) is 27.4 Å². The summed E-state index contributed by atoms with van der Waals surface area (Å²) in [6.07, 6.45) is 1.53. The molecule has 0 atom stereocenters. The lowest BCUT2D eigenvalue weighted by Crippen LogP contribution is -2.21. The number of carbonyl (C=O) groups is 1. The van der Waals surface area contributed by atoms with Crippen LogP contribution in [-0.4, -0.2) is 25.6 Å². The lowest BCUT2D eigenvalue weighted by molar-refractivity contribution is -0.112. The van der Waals surface area contributed by atoms with Crippen LogP contribution in [0.1, 0.15) is 31.9 Å². The van der Waals surface area contributed by atoms with Crippen molar-refractivity contribution < 1.29 is 14.3 Å². The molecule has 0 saturated heterocycles. The van der Waals surface area contributed by atoms with Crippen LogP contribution in [0.3, 0.4) is 0 Å². The topological polar surface area (TPSA) is 74.6 Å². The van der Waals surface area contributed by atoms with Gasteiger partial charge >= 0.3 is 0 Å². The fourth-order valence-corrected chi connectivity index (χ4v) is 3.73. The van der Waals surface area contributed by atoms with E-state index in [2.05, 4.69) is 24.1 Å². The molecular weight excluding hydrogens is 474 g/mol. The summed E-state index contributed by atoms with van der Waals surface area (Å²) in [5.74, 6) is 0.624. The minimum absolute atomic E-state index is 0.0138. The van der Waals surface area contributed by atoms with Gasteiger partial charge in [-0.3, -0.25) is 4.79 Å². The SMILES string of the molecule is CCOc1cc(/C=C(/C#N)C(=O)Nc2ccc(N(CC)CC)cc2)ccc1OCc1ccc(Cl)cc1. The Morgan fingerprint density at radius 2 is 1.67 bits per heavy atom. The second-order valence-electron chi connectivity index (χ2n) is 7.90. The van der Waals surface area contributed by atoms with Crippen LogP contribution >= 0.6 is 11.6 Å². The summed E-state index contributed by atoms with van der Waals surface area (Å²) in [5, 5.41) is 13.1. The zero-order valence-electron chi connectivity index (χ0n) is 20.8. The lowest BCUT2D eigenvalue weighted by atomic mass is 10.1. The van der Waals surface area contributed by atoms with Crippen LogP contribution in [0.4, 0.5) is 11.4 Å². The molecular formula is C29H30ClN3O3. The molecule has 0 fully saturated rings. The van der Waals surface area contributed by atoms with Gasteiger partial charge < -0.3 is 19.7 Å². The van der Waals surface area contributed by atoms with Crippen molar-refractivity contribution in [3.8, 4) is 17.6 Å². The van der Waals surface area contributed by atoms with E-state index in [0.29, 0.717) is 41.0 Å². The molecule has 3 aromatic rings. The van der Waals surface area contributed by atoms with Gasteiger partial charge in [-0.15, -0.1) is 0 Å². The third-order valence-corrected chi connectivity index (χ3v) is 5.76.